The number of nitrogens with one attached hydrogen (secondary N) is 1. The molecule has 1 saturated heterocycles. The van der Waals surface area contributed by atoms with Crippen LogP contribution in [0.4, 0.5) is 21.8 Å². The fourth-order valence-corrected chi connectivity index (χ4v) is 3.83. The van der Waals surface area contributed by atoms with Gasteiger partial charge < -0.3 is 30.0 Å². The Bertz CT molecular complexity index is 1170. The summed E-state index contributed by atoms with van der Waals surface area (Å²) >= 11 is 0. The van der Waals surface area contributed by atoms with Crippen molar-refractivity contribution in [2.75, 3.05) is 44.5 Å². The summed E-state index contributed by atoms with van der Waals surface area (Å²) in [6.07, 6.45) is 4.71. The van der Waals surface area contributed by atoms with Crippen molar-refractivity contribution in [3.05, 3.63) is 43.0 Å². The molecular weight excluding hydrogens is 429 g/mol. The van der Waals surface area contributed by atoms with Crippen molar-refractivity contribution in [1.29, 1.82) is 0 Å². The SMILES string of the molecule is C=CC(=O)N1CCC[C@H](n2cnc3c(N)nc(Nc4ccc(OCCOC)c(F)c4)nc32)C1. The highest BCUT2D eigenvalue weighted by molar-refractivity contribution is 5.87. The second kappa shape index (κ2) is 9.82. The zero-order valence-electron chi connectivity index (χ0n) is 18.3. The van der Waals surface area contributed by atoms with E-state index in [1.807, 2.05) is 4.57 Å². The Labute approximate surface area is 190 Å². The lowest BCUT2D eigenvalue weighted by molar-refractivity contribution is -0.127. The van der Waals surface area contributed by atoms with Crippen LogP contribution >= 0.6 is 0 Å². The van der Waals surface area contributed by atoms with Gasteiger partial charge in [0.1, 0.15) is 12.1 Å². The van der Waals surface area contributed by atoms with Crippen LogP contribution in [0, 0.1) is 5.82 Å². The molecule has 3 heterocycles. The monoisotopic (exact) mass is 455 g/mol. The number of likely N-dealkylation sites (tertiary alicyclic amines) is 1. The molecule has 1 aliphatic heterocycles. The number of benzene rings is 1. The Hall–Kier alpha value is -3.73. The molecule has 1 aliphatic rings. The zero-order valence-corrected chi connectivity index (χ0v) is 18.3. The third kappa shape index (κ3) is 4.87. The number of piperidine rings is 1. The van der Waals surface area contributed by atoms with Crippen LogP contribution in [-0.2, 0) is 9.53 Å². The standard InChI is InChI=1S/C22H26FN7O3/c1-3-18(31)29-8-4-5-15(12-29)30-13-25-19-20(24)27-22(28-21(19)30)26-14-6-7-17(16(23)11-14)33-10-9-32-2/h3,6-7,11,13,15H,1,4-5,8-10,12H2,2H3,(H3,24,26,27,28)/t15-/m0/s1. The Balaban J connectivity index is 1.57. The molecule has 1 aromatic carbocycles. The molecule has 2 aromatic heterocycles. The molecule has 0 bridgehead atoms. The maximum absolute atomic E-state index is 14.4. The molecule has 1 atom stereocenters. The molecule has 10 nitrogen and oxygen atoms in total. The first-order valence-corrected chi connectivity index (χ1v) is 10.6. The predicted molar refractivity (Wildman–Crippen MR) is 122 cm³/mol. The van der Waals surface area contributed by atoms with E-state index in [9.17, 15) is 9.18 Å². The first-order valence-electron chi connectivity index (χ1n) is 10.6. The number of rotatable bonds is 8. The first-order chi connectivity index (χ1) is 16.0. The minimum absolute atomic E-state index is 0.00391. The molecule has 0 radical (unpaired) electrons. The highest BCUT2D eigenvalue weighted by Gasteiger charge is 2.25. The topological polar surface area (TPSA) is 120 Å². The van der Waals surface area contributed by atoms with Gasteiger partial charge in [-0.15, -0.1) is 0 Å². The number of hydrogen-bond acceptors (Lipinski definition) is 8. The highest BCUT2D eigenvalue weighted by atomic mass is 19.1. The van der Waals surface area contributed by atoms with E-state index >= 15 is 0 Å². The van der Waals surface area contributed by atoms with Crippen LogP contribution in [0.25, 0.3) is 11.2 Å². The average molecular weight is 455 g/mol. The van der Waals surface area contributed by atoms with E-state index in [1.165, 1.54) is 18.2 Å². The van der Waals surface area contributed by atoms with Crippen molar-refractivity contribution in [3.63, 3.8) is 0 Å². The minimum atomic E-state index is -0.524. The summed E-state index contributed by atoms with van der Waals surface area (Å²) in [7, 11) is 1.55. The van der Waals surface area contributed by atoms with Crippen molar-refractivity contribution in [2.45, 2.75) is 18.9 Å². The number of anilines is 3. The third-order valence-corrected chi connectivity index (χ3v) is 5.46. The Morgan fingerprint density at radius 2 is 2.24 bits per heavy atom. The summed E-state index contributed by atoms with van der Waals surface area (Å²) in [5, 5.41) is 2.99. The predicted octanol–water partition coefficient (Wildman–Crippen LogP) is 2.67. The highest BCUT2D eigenvalue weighted by Crippen LogP contribution is 2.28. The summed E-state index contributed by atoms with van der Waals surface area (Å²) in [5.74, 6) is -0.0794. The van der Waals surface area contributed by atoms with Crippen molar-refractivity contribution >= 4 is 34.5 Å². The number of carbonyl (C=O) groups excluding carboxylic acids is 1. The van der Waals surface area contributed by atoms with Crippen LogP contribution in [0.2, 0.25) is 0 Å². The van der Waals surface area contributed by atoms with E-state index in [0.29, 0.717) is 36.5 Å². The molecule has 11 heteroatoms. The third-order valence-electron chi connectivity index (χ3n) is 5.46. The molecule has 4 rings (SSSR count). The molecule has 0 aliphatic carbocycles. The van der Waals surface area contributed by atoms with Gasteiger partial charge in [-0.1, -0.05) is 6.58 Å². The van der Waals surface area contributed by atoms with Crippen LogP contribution < -0.4 is 15.8 Å². The quantitative estimate of drug-likeness (QED) is 0.393. The van der Waals surface area contributed by atoms with Gasteiger partial charge in [-0.3, -0.25) is 4.79 Å². The number of amides is 1. The molecule has 1 fully saturated rings. The maximum Gasteiger partial charge on any atom is 0.246 e. The number of nitrogen functional groups attached to an aromatic ring is 1. The van der Waals surface area contributed by atoms with Crippen molar-refractivity contribution in [3.8, 4) is 5.75 Å². The number of methoxy groups -OCH3 is 1. The normalized spacial score (nSPS) is 16.1. The Kier molecular flexibility index (Phi) is 6.68. The molecule has 0 spiro atoms. The molecule has 33 heavy (non-hydrogen) atoms. The van der Waals surface area contributed by atoms with E-state index in [-0.39, 0.29) is 36.1 Å². The number of aromatic nitrogens is 4. The van der Waals surface area contributed by atoms with Crippen LogP contribution in [0.15, 0.2) is 37.2 Å². The number of imidazole rings is 1. The number of nitrogens with two attached hydrogens (primary N) is 1. The number of hydrogen-bond donors (Lipinski definition) is 2. The maximum atomic E-state index is 14.4. The van der Waals surface area contributed by atoms with Gasteiger partial charge >= 0.3 is 0 Å². The molecular formula is C22H26FN7O3. The fraction of sp³-hybridized carbons (Fsp3) is 0.364. The summed E-state index contributed by atoms with van der Waals surface area (Å²) in [6, 6.07) is 4.47. The van der Waals surface area contributed by atoms with Crippen molar-refractivity contribution in [2.24, 2.45) is 0 Å². The summed E-state index contributed by atoms with van der Waals surface area (Å²) in [4.78, 5) is 27.0. The van der Waals surface area contributed by atoms with Gasteiger partial charge in [-0.05, 0) is 31.1 Å². The largest absolute Gasteiger partial charge is 0.488 e. The average Bonchev–Trinajstić information content (AvgIpc) is 3.25. The van der Waals surface area contributed by atoms with E-state index in [1.54, 1.807) is 24.4 Å². The van der Waals surface area contributed by atoms with Crippen LogP contribution in [0.5, 0.6) is 5.75 Å². The van der Waals surface area contributed by atoms with Gasteiger partial charge in [0.2, 0.25) is 11.9 Å². The Morgan fingerprint density at radius 3 is 3.00 bits per heavy atom. The van der Waals surface area contributed by atoms with Crippen LogP contribution in [0.1, 0.15) is 18.9 Å². The Morgan fingerprint density at radius 1 is 1.39 bits per heavy atom. The van der Waals surface area contributed by atoms with Crippen LogP contribution in [-0.4, -0.2) is 63.7 Å². The first kappa shape index (κ1) is 22.5. The second-order valence-electron chi connectivity index (χ2n) is 7.65. The number of ether oxygens (including phenoxy) is 2. The van der Waals surface area contributed by atoms with Gasteiger partial charge in [-0.25, -0.2) is 9.37 Å². The summed E-state index contributed by atoms with van der Waals surface area (Å²) in [5.41, 5.74) is 7.58. The summed E-state index contributed by atoms with van der Waals surface area (Å²) < 4.78 is 26.5. The number of nitrogens with zero attached hydrogens (tertiary/aromatic N) is 5. The van der Waals surface area contributed by atoms with E-state index in [0.717, 1.165) is 12.8 Å². The van der Waals surface area contributed by atoms with Gasteiger partial charge in [0.15, 0.2) is 23.0 Å². The lowest BCUT2D eigenvalue weighted by Crippen LogP contribution is -2.39. The molecule has 3 N–H and O–H groups in total. The van der Waals surface area contributed by atoms with Crippen molar-refractivity contribution < 1.29 is 18.7 Å². The lowest BCUT2D eigenvalue weighted by atomic mass is 10.1. The van der Waals surface area contributed by atoms with Gasteiger partial charge in [0.05, 0.1) is 19.0 Å². The van der Waals surface area contributed by atoms with Gasteiger partial charge in [0.25, 0.3) is 0 Å². The molecule has 0 unspecified atom stereocenters. The molecule has 0 saturated carbocycles. The molecule has 3 aromatic rings. The lowest BCUT2D eigenvalue weighted by Gasteiger charge is -2.32. The second-order valence-corrected chi connectivity index (χ2v) is 7.65. The number of halogens is 1. The molecule has 174 valence electrons. The zero-order chi connectivity index (χ0) is 23.4. The summed E-state index contributed by atoms with van der Waals surface area (Å²) in [6.45, 7) is 5.40. The van der Waals surface area contributed by atoms with Crippen molar-refractivity contribution in [1.82, 2.24) is 24.4 Å². The van der Waals surface area contributed by atoms with E-state index in [4.69, 9.17) is 15.2 Å². The van der Waals surface area contributed by atoms with Gasteiger partial charge in [-0.2, -0.15) is 9.97 Å². The fourth-order valence-electron chi connectivity index (χ4n) is 3.83. The van der Waals surface area contributed by atoms with E-state index < -0.39 is 5.82 Å². The molecule has 1 amide bonds. The van der Waals surface area contributed by atoms with E-state index in [2.05, 4.69) is 26.8 Å². The number of carbonyl (C=O) groups is 1. The van der Waals surface area contributed by atoms with Crippen LogP contribution in [0.3, 0.4) is 0 Å². The smallest absolute Gasteiger partial charge is 0.246 e. The minimum Gasteiger partial charge on any atom is -0.488 e. The number of fused-ring (bicyclic) bond motifs is 1. The van der Waals surface area contributed by atoms with Gasteiger partial charge in [0, 0.05) is 32.0 Å².